The maximum atomic E-state index is 10.5. The number of piperidine rings is 1. The number of nitrogens with one attached hydrogen (secondary N) is 1. The summed E-state index contributed by atoms with van der Waals surface area (Å²) >= 11 is 0. The van der Waals surface area contributed by atoms with E-state index in [1.54, 1.807) is 0 Å². The van der Waals surface area contributed by atoms with Gasteiger partial charge in [-0.3, -0.25) is 4.79 Å². The normalized spacial score (nSPS) is 21.9. The highest BCUT2D eigenvalue weighted by molar-refractivity contribution is 5.65. The third-order valence-electron chi connectivity index (χ3n) is 2.71. The first-order valence-electron chi connectivity index (χ1n) is 5.63. The van der Waals surface area contributed by atoms with Crippen molar-refractivity contribution < 1.29 is 9.53 Å². The number of esters is 1. The molecule has 82 valence electrons. The van der Waals surface area contributed by atoms with Crippen molar-refractivity contribution in [2.45, 2.75) is 39.0 Å². The minimum atomic E-state index is -0.163. The number of carbonyl (C=O) groups excluding carboxylic acids is 1. The Balaban J connectivity index is 1.90. The molecular formula is C11H21NO2. The van der Waals surface area contributed by atoms with Gasteiger partial charge in [0.2, 0.25) is 0 Å². The van der Waals surface area contributed by atoms with Gasteiger partial charge in [0.25, 0.3) is 0 Å². The summed E-state index contributed by atoms with van der Waals surface area (Å²) in [5.41, 5.74) is 0. The second kappa shape index (κ2) is 6.82. The Bertz CT molecular complexity index is 165. The van der Waals surface area contributed by atoms with Gasteiger partial charge >= 0.3 is 5.97 Å². The van der Waals surface area contributed by atoms with Gasteiger partial charge in [-0.05, 0) is 51.1 Å². The molecule has 0 aromatic carbocycles. The zero-order valence-electron chi connectivity index (χ0n) is 9.05. The lowest BCUT2D eigenvalue weighted by Crippen LogP contribution is -2.29. The molecule has 0 aromatic heterocycles. The molecule has 1 fully saturated rings. The Hall–Kier alpha value is -0.570. The highest BCUT2D eigenvalue weighted by Gasteiger charge is 2.11. The lowest BCUT2D eigenvalue weighted by atomic mass is 9.94. The van der Waals surface area contributed by atoms with Crippen LogP contribution in [0.25, 0.3) is 0 Å². The molecule has 0 radical (unpaired) electrons. The molecule has 0 bridgehead atoms. The van der Waals surface area contributed by atoms with Crippen LogP contribution in [0.5, 0.6) is 0 Å². The monoisotopic (exact) mass is 199 g/mol. The molecule has 1 N–H and O–H groups in total. The molecule has 0 saturated carbocycles. The molecular weight excluding hydrogens is 178 g/mol. The van der Waals surface area contributed by atoms with Crippen molar-refractivity contribution >= 4 is 5.97 Å². The first kappa shape index (κ1) is 11.5. The van der Waals surface area contributed by atoms with Crippen LogP contribution in [0.3, 0.4) is 0 Å². The Labute approximate surface area is 86.2 Å². The van der Waals surface area contributed by atoms with E-state index in [1.165, 1.54) is 45.7 Å². The maximum Gasteiger partial charge on any atom is 0.302 e. The third kappa shape index (κ3) is 5.22. The largest absolute Gasteiger partial charge is 0.466 e. The van der Waals surface area contributed by atoms with Crippen LogP contribution in [0, 0.1) is 5.92 Å². The van der Waals surface area contributed by atoms with E-state index in [-0.39, 0.29) is 5.97 Å². The van der Waals surface area contributed by atoms with Gasteiger partial charge < -0.3 is 10.1 Å². The Kier molecular flexibility index (Phi) is 5.60. The molecule has 1 saturated heterocycles. The van der Waals surface area contributed by atoms with Crippen molar-refractivity contribution in [1.82, 2.24) is 5.32 Å². The fourth-order valence-corrected chi connectivity index (χ4v) is 1.92. The van der Waals surface area contributed by atoms with E-state index in [9.17, 15) is 4.79 Å². The molecule has 0 aliphatic carbocycles. The van der Waals surface area contributed by atoms with Crippen molar-refractivity contribution in [1.29, 1.82) is 0 Å². The molecule has 1 unspecified atom stereocenters. The lowest BCUT2D eigenvalue weighted by molar-refractivity contribution is -0.141. The van der Waals surface area contributed by atoms with Gasteiger partial charge in [-0.2, -0.15) is 0 Å². The minimum absolute atomic E-state index is 0.163. The van der Waals surface area contributed by atoms with E-state index in [0.29, 0.717) is 6.61 Å². The molecule has 14 heavy (non-hydrogen) atoms. The number of ether oxygens (including phenoxy) is 1. The fraction of sp³-hybridized carbons (Fsp3) is 0.909. The summed E-state index contributed by atoms with van der Waals surface area (Å²) in [7, 11) is 0. The van der Waals surface area contributed by atoms with E-state index in [1.807, 2.05) is 0 Å². The average Bonchev–Trinajstić information content (AvgIpc) is 2.18. The smallest absolute Gasteiger partial charge is 0.302 e. The summed E-state index contributed by atoms with van der Waals surface area (Å²) in [5, 5.41) is 3.41. The molecule has 0 spiro atoms. The van der Waals surface area contributed by atoms with Gasteiger partial charge in [0.05, 0.1) is 6.61 Å². The molecule has 3 nitrogen and oxygen atoms in total. The number of hydrogen-bond donors (Lipinski definition) is 1. The number of rotatable bonds is 5. The Morgan fingerprint density at radius 2 is 2.36 bits per heavy atom. The summed E-state index contributed by atoms with van der Waals surface area (Å²) in [6, 6.07) is 0. The minimum Gasteiger partial charge on any atom is -0.466 e. The van der Waals surface area contributed by atoms with Crippen molar-refractivity contribution in [2.24, 2.45) is 5.92 Å². The first-order valence-corrected chi connectivity index (χ1v) is 5.63. The highest BCUT2D eigenvalue weighted by atomic mass is 16.5. The highest BCUT2D eigenvalue weighted by Crippen LogP contribution is 2.16. The van der Waals surface area contributed by atoms with Crippen LogP contribution in [0.1, 0.15) is 39.0 Å². The zero-order valence-corrected chi connectivity index (χ0v) is 9.05. The predicted molar refractivity (Wildman–Crippen MR) is 56.1 cm³/mol. The van der Waals surface area contributed by atoms with Crippen molar-refractivity contribution in [3.63, 3.8) is 0 Å². The fourth-order valence-electron chi connectivity index (χ4n) is 1.92. The molecule has 1 heterocycles. The lowest BCUT2D eigenvalue weighted by Gasteiger charge is -2.22. The summed E-state index contributed by atoms with van der Waals surface area (Å²) in [5.74, 6) is 0.686. The summed E-state index contributed by atoms with van der Waals surface area (Å²) in [6.07, 6.45) is 6.14. The Morgan fingerprint density at radius 3 is 3.00 bits per heavy atom. The molecule has 1 atom stereocenters. The maximum absolute atomic E-state index is 10.5. The van der Waals surface area contributed by atoms with Gasteiger partial charge in [0.15, 0.2) is 0 Å². The number of unbranched alkanes of at least 4 members (excludes halogenated alkanes) is 1. The summed E-state index contributed by atoms with van der Waals surface area (Å²) in [4.78, 5) is 10.5. The van der Waals surface area contributed by atoms with Crippen molar-refractivity contribution in [3.05, 3.63) is 0 Å². The van der Waals surface area contributed by atoms with Crippen LogP contribution in [-0.4, -0.2) is 25.7 Å². The third-order valence-corrected chi connectivity index (χ3v) is 2.71. The second-order valence-corrected chi connectivity index (χ2v) is 4.05. The van der Waals surface area contributed by atoms with E-state index >= 15 is 0 Å². The van der Waals surface area contributed by atoms with Gasteiger partial charge in [-0.1, -0.05) is 0 Å². The van der Waals surface area contributed by atoms with Gasteiger partial charge in [-0.25, -0.2) is 0 Å². The Morgan fingerprint density at radius 1 is 1.50 bits per heavy atom. The molecule has 3 heteroatoms. The van der Waals surface area contributed by atoms with Crippen LogP contribution >= 0.6 is 0 Å². The zero-order chi connectivity index (χ0) is 10.2. The van der Waals surface area contributed by atoms with E-state index in [2.05, 4.69) is 5.32 Å². The second-order valence-electron chi connectivity index (χ2n) is 4.05. The summed E-state index contributed by atoms with van der Waals surface area (Å²) < 4.78 is 4.88. The number of hydrogen-bond acceptors (Lipinski definition) is 3. The molecule has 0 aromatic rings. The van der Waals surface area contributed by atoms with E-state index in [0.717, 1.165) is 12.3 Å². The van der Waals surface area contributed by atoms with Crippen LogP contribution in [0.4, 0.5) is 0 Å². The topological polar surface area (TPSA) is 38.3 Å². The van der Waals surface area contributed by atoms with Crippen LogP contribution in [0.15, 0.2) is 0 Å². The first-order chi connectivity index (χ1) is 6.79. The quantitative estimate of drug-likeness (QED) is 0.541. The van der Waals surface area contributed by atoms with E-state index < -0.39 is 0 Å². The predicted octanol–water partition coefficient (Wildman–Crippen LogP) is 1.72. The van der Waals surface area contributed by atoms with Crippen LogP contribution in [-0.2, 0) is 9.53 Å². The number of carbonyl (C=O) groups is 1. The molecule has 1 aliphatic heterocycles. The van der Waals surface area contributed by atoms with E-state index in [4.69, 9.17) is 4.74 Å². The van der Waals surface area contributed by atoms with Gasteiger partial charge in [0.1, 0.15) is 0 Å². The van der Waals surface area contributed by atoms with Gasteiger partial charge in [-0.15, -0.1) is 0 Å². The van der Waals surface area contributed by atoms with Crippen molar-refractivity contribution in [3.8, 4) is 0 Å². The summed E-state index contributed by atoms with van der Waals surface area (Å²) in [6.45, 7) is 4.41. The average molecular weight is 199 g/mol. The molecule has 0 amide bonds. The molecule has 1 rings (SSSR count). The SMILES string of the molecule is CC(=O)OCCCCC1CCCNC1. The van der Waals surface area contributed by atoms with Crippen LogP contribution in [0.2, 0.25) is 0 Å². The van der Waals surface area contributed by atoms with Crippen molar-refractivity contribution in [2.75, 3.05) is 19.7 Å². The van der Waals surface area contributed by atoms with Gasteiger partial charge in [0, 0.05) is 6.92 Å². The molecule has 1 aliphatic rings. The van der Waals surface area contributed by atoms with Crippen LogP contribution < -0.4 is 5.32 Å². The standard InChI is InChI=1S/C11H21NO2/c1-10(13)14-8-3-2-5-11-6-4-7-12-9-11/h11-12H,2-9H2,1H3.